The fourth-order valence-electron chi connectivity index (χ4n) is 0.966. The Morgan fingerprint density at radius 3 is 2.47 bits per heavy atom. The first kappa shape index (κ1) is 11.7. The number of nitrogens with one attached hydrogen (secondary N) is 1. The van der Waals surface area contributed by atoms with E-state index in [4.69, 9.17) is 23.2 Å². The number of benzene rings is 1. The smallest absolute Gasteiger partial charge is 0.289 e. The van der Waals surface area contributed by atoms with E-state index in [1.807, 2.05) is 0 Å². The molecule has 1 rings (SSSR count). The van der Waals surface area contributed by atoms with Crippen molar-refractivity contribution in [1.29, 1.82) is 0 Å². The molecule has 0 bridgehead atoms. The van der Waals surface area contributed by atoms with Gasteiger partial charge < -0.3 is 5.32 Å². The summed E-state index contributed by atoms with van der Waals surface area (Å²) in [6.45, 7) is 1.30. The zero-order chi connectivity index (χ0) is 11.6. The molecule has 0 spiro atoms. The molecular formula is C8H6Cl2N2O3. The molecule has 0 radical (unpaired) electrons. The van der Waals surface area contributed by atoms with E-state index in [1.54, 1.807) is 0 Å². The van der Waals surface area contributed by atoms with Crippen molar-refractivity contribution >= 4 is 40.5 Å². The van der Waals surface area contributed by atoms with Gasteiger partial charge in [-0.15, -0.1) is 0 Å². The average molecular weight is 249 g/mol. The summed E-state index contributed by atoms with van der Waals surface area (Å²) in [5, 5.41) is 12.7. The summed E-state index contributed by atoms with van der Waals surface area (Å²) in [6.07, 6.45) is 0. The van der Waals surface area contributed by atoms with Gasteiger partial charge in [0.25, 0.3) is 5.69 Å². The Labute approximate surface area is 95.1 Å². The molecule has 80 valence electrons. The van der Waals surface area contributed by atoms with Gasteiger partial charge in [-0.1, -0.05) is 23.2 Å². The van der Waals surface area contributed by atoms with Crippen molar-refractivity contribution in [1.82, 2.24) is 0 Å². The van der Waals surface area contributed by atoms with Crippen molar-refractivity contribution in [3.05, 3.63) is 32.3 Å². The number of nitro benzene ring substituents is 1. The van der Waals surface area contributed by atoms with Gasteiger partial charge in [0, 0.05) is 13.0 Å². The van der Waals surface area contributed by atoms with Gasteiger partial charge in [-0.3, -0.25) is 14.9 Å². The lowest BCUT2D eigenvalue weighted by molar-refractivity contribution is -0.384. The van der Waals surface area contributed by atoms with Crippen molar-refractivity contribution in [2.24, 2.45) is 0 Å². The number of rotatable bonds is 2. The molecule has 1 N–H and O–H groups in total. The highest BCUT2D eigenvalue weighted by molar-refractivity contribution is 6.45. The van der Waals surface area contributed by atoms with Gasteiger partial charge >= 0.3 is 0 Å². The van der Waals surface area contributed by atoms with Crippen LogP contribution < -0.4 is 5.32 Å². The predicted molar refractivity (Wildman–Crippen MR) is 57.4 cm³/mol. The van der Waals surface area contributed by atoms with E-state index in [-0.39, 0.29) is 27.3 Å². The quantitative estimate of drug-likeness (QED) is 0.646. The molecule has 0 saturated carbocycles. The van der Waals surface area contributed by atoms with Crippen LogP contribution in [-0.2, 0) is 4.79 Å². The minimum atomic E-state index is -0.647. The number of nitrogens with zero attached hydrogens (tertiary/aromatic N) is 1. The van der Waals surface area contributed by atoms with Gasteiger partial charge in [0.1, 0.15) is 5.02 Å². The highest BCUT2D eigenvalue weighted by Crippen LogP contribution is 2.36. The number of hydrogen-bond donors (Lipinski definition) is 1. The molecule has 7 heteroatoms. The summed E-state index contributed by atoms with van der Waals surface area (Å²) in [5.74, 6) is -0.332. The summed E-state index contributed by atoms with van der Waals surface area (Å²) < 4.78 is 0. The molecule has 1 aromatic rings. The Morgan fingerprint density at radius 1 is 1.40 bits per heavy atom. The Bertz CT molecular complexity index is 434. The van der Waals surface area contributed by atoms with Crippen molar-refractivity contribution in [3.63, 3.8) is 0 Å². The average Bonchev–Trinajstić information content (AvgIpc) is 2.12. The summed E-state index contributed by atoms with van der Waals surface area (Å²) in [4.78, 5) is 20.6. The zero-order valence-electron chi connectivity index (χ0n) is 7.58. The SMILES string of the molecule is CC(=O)Nc1ccc([N+](=O)[O-])c(Cl)c1Cl. The van der Waals surface area contributed by atoms with Crippen LogP contribution in [0, 0.1) is 10.1 Å². The van der Waals surface area contributed by atoms with E-state index in [9.17, 15) is 14.9 Å². The summed E-state index contributed by atoms with van der Waals surface area (Å²) in [7, 11) is 0. The minimum Gasteiger partial charge on any atom is -0.325 e. The monoisotopic (exact) mass is 248 g/mol. The van der Waals surface area contributed by atoms with E-state index in [0.717, 1.165) is 0 Å². The van der Waals surface area contributed by atoms with Crippen LogP contribution in [0.2, 0.25) is 10.0 Å². The second-order valence-electron chi connectivity index (χ2n) is 2.70. The summed E-state index contributed by atoms with van der Waals surface area (Å²) in [5.41, 5.74) is -0.0458. The molecule has 5 nitrogen and oxygen atoms in total. The molecule has 0 fully saturated rings. The lowest BCUT2D eigenvalue weighted by Crippen LogP contribution is -2.06. The minimum absolute atomic E-state index is 0.0407. The number of amides is 1. The molecule has 1 amide bonds. The molecule has 0 atom stereocenters. The third-order valence-corrected chi connectivity index (χ3v) is 2.44. The van der Waals surface area contributed by atoms with Crippen LogP contribution >= 0.6 is 23.2 Å². The molecule has 1 aromatic carbocycles. The maximum absolute atomic E-state index is 10.7. The second kappa shape index (κ2) is 4.46. The normalized spacial score (nSPS) is 9.80. The fourth-order valence-corrected chi connectivity index (χ4v) is 1.41. The maximum atomic E-state index is 10.7. The van der Waals surface area contributed by atoms with Gasteiger partial charge in [-0.05, 0) is 6.07 Å². The van der Waals surface area contributed by atoms with E-state index < -0.39 is 4.92 Å². The van der Waals surface area contributed by atoms with Crippen molar-refractivity contribution in [2.75, 3.05) is 5.32 Å². The highest BCUT2D eigenvalue weighted by atomic mass is 35.5. The van der Waals surface area contributed by atoms with Gasteiger partial charge in [0.05, 0.1) is 15.6 Å². The highest BCUT2D eigenvalue weighted by Gasteiger charge is 2.18. The zero-order valence-corrected chi connectivity index (χ0v) is 9.09. The molecule has 15 heavy (non-hydrogen) atoms. The van der Waals surface area contributed by atoms with Crippen LogP contribution in [0.4, 0.5) is 11.4 Å². The standard InChI is InChI=1S/C8H6Cl2N2O3/c1-4(13)11-5-2-3-6(12(14)15)8(10)7(5)9/h2-3H,1H3,(H,11,13). The number of nitro groups is 1. The van der Waals surface area contributed by atoms with Crippen LogP contribution in [0.25, 0.3) is 0 Å². The largest absolute Gasteiger partial charge is 0.325 e. The van der Waals surface area contributed by atoms with Gasteiger partial charge in [-0.25, -0.2) is 0 Å². The molecule has 0 heterocycles. The van der Waals surface area contributed by atoms with Crippen LogP contribution in [-0.4, -0.2) is 10.8 Å². The Morgan fingerprint density at radius 2 is 2.00 bits per heavy atom. The molecule has 0 unspecified atom stereocenters. The molecule has 0 aromatic heterocycles. The summed E-state index contributed by atoms with van der Waals surface area (Å²) in [6, 6.07) is 2.51. The third-order valence-electron chi connectivity index (χ3n) is 1.57. The maximum Gasteiger partial charge on any atom is 0.289 e. The Hall–Kier alpha value is -1.33. The Balaban J connectivity index is 3.21. The van der Waals surface area contributed by atoms with Crippen molar-refractivity contribution in [3.8, 4) is 0 Å². The first-order chi connectivity index (χ1) is 6.93. The number of carbonyl (C=O) groups is 1. The van der Waals surface area contributed by atoms with Crippen LogP contribution in [0.3, 0.4) is 0 Å². The molecule has 0 aliphatic carbocycles. The first-order valence-electron chi connectivity index (χ1n) is 3.83. The van der Waals surface area contributed by atoms with E-state index in [2.05, 4.69) is 5.32 Å². The van der Waals surface area contributed by atoms with Gasteiger partial charge in [-0.2, -0.15) is 0 Å². The predicted octanol–water partition coefficient (Wildman–Crippen LogP) is 2.86. The summed E-state index contributed by atoms with van der Waals surface area (Å²) >= 11 is 11.4. The van der Waals surface area contributed by atoms with Crippen LogP contribution in [0.1, 0.15) is 6.92 Å². The second-order valence-corrected chi connectivity index (χ2v) is 3.45. The van der Waals surface area contributed by atoms with Gasteiger partial charge in [0.15, 0.2) is 0 Å². The first-order valence-corrected chi connectivity index (χ1v) is 4.59. The molecule has 0 aliphatic heterocycles. The van der Waals surface area contributed by atoms with Crippen molar-refractivity contribution in [2.45, 2.75) is 6.92 Å². The van der Waals surface area contributed by atoms with E-state index >= 15 is 0 Å². The molecule has 0 saturated heterocycles. The fraction of sp³-hybridized carbons (Fsp3) is 0.125. The lowest BCUT2D eigenvalue weighted by atomic mass is 10.3. The number of halogens is 2. The number of carbonyl (C=O) groups excluding carboxylic acids is 1. The number of hydrogen-bond acceptors (Lipinski definition) is 3. The van der Waals surface area contributed by atoms with E-state index in [1.165, 1.54) is 19.1 Å². The van der Waals surface area contributed by atoms with Crippen molar-refractivity contribution < 1.29 is 9.72 Å². The molecule has 0 aliphatic rings. The Kier molecular flexibility index (Phi) is 3.49. The van der Waals surface area contributed by atoms with Crippen LogP contribution in [0.5, 0.6) is 0 Å². The lowest BCUT2D eigenvalue weighted by Gasteiger charge is -2.05. The van der Waals surface area contributed by atoms with E-state index in [0.29, 0.717) is 0 Å². The third kappa shape index (κ3) is 2.57. The van der Waals surface area contributed by atoms with Gasteiger partial charge in [0.2, 0.25) is 5.91 Å². The topological polar surface area (TPSA) is 72.2 Å². The molecular weight excluding hydrogens is 243 g/mol. The number of anilines is 1. The van der Waals surface area contributed by atoms with Crippen LogP contribution in [0.15, 0.2) is 12.1 Å².